The molecule has 1 heterocycles. The van der Waals surface area contributed by atoms with E-state index in [1.54, 1.807) is 12.4 Å². The summed E-state index contributed by atoms with van der Waals surface area (Å²) in [5.74, 6) is 0. The van der Waals surface area contributed by atoms with Crippen LogP contribution in [-0.4, -0.2) is 4.98 Å². The van der Waals surface area contributed by atoms with Crippen LogP contribution < -0.4 is 0 Å². The Kier molecular flexibility index (Phi) is 2.43. The largest absolute Gasteiger partial charge is 0.263 e. The van der Waals surface area contributed by atoms with E-state index in [9.17, 15) is 0 Å². The van der Waals surface area contributed by atoms with Crippen LogP contribution in [0.5, 0.6) is 0 Å². The van der Waals surface area contributed by atoms with Gasteiger partial charge in [0.05, 0.1) is 16.5 Å². The molecule has 0 saturated heterocycles. The normalized spacial score (nSPS) is 18.3. The standard InChI is InChI=1S/C11H11ClN2/c12-10-7-14-5-2-9(10)6-11(8-13)3-1-4-11/h2,5,7H,1,3-4,6H2. The monoisotopic (exact) mass is 206 g/mol. The minimum Gasteiger partial charge on any atom is -0.263 e. The number of aromatic nitrogens is 1. The minimum absolute atomic E-state index is 0.148. The third kappa shape index (κ3) is 1.60. The molecule has 2 rings (SSSR count). The molecule has 1 aliphatic carbocycles. The Morgan fingerprint density at radius 2 is 2.36 bits per heavy atom. The summed E-state index contributed by atoms with van der Waals surface area (Å²) >= 11 is 6.00. The van der Waals surface area contributed by atoms with Crippen LogP contribution in [-0.2, 0) is 6.42 Å². The Balaban J connectivity index is 2.19. The third-order valence-electron chi connectivity index (χ3n) is 2.93. The van der Waals surface area contributed by atoms with E-state index in [1.165, 1.54) is 0 Å². The number of hydrogen-bond donors (Lipinski definition) is 0. The fourth-order valence-corrected chi connectivity index (χ4v) is 2.03. The van der Waals surface area contributed by atoms with Gasteiger partial charge in [-0.05, 0) is 30.9 Å². The first-order valence-electron chi connectivity index (χ1n) is 4.75. The van der Waals surface area contributed by atoms with Crippen molar-refractivity contribution in [2.45, 2.75) is 25.7 Å². The summed E-state index contributed by atoms with van der Waals surface area (Å²) in [5.41, 5.74) is 0.897. The lowest BCUT2D eigenvalue weighted by Gasteiger charge is -2.35. The molecule has 3 heteroatoms. The lowest BCUT2D eigenvalue weighted by atomic mass is 9.66. The first-order chi connectivity index (χ1) is 6.76. The van der Waals surface area contributed by atoms with Gasteiger partial charge in [-0.2, -0.15) is 5.26 Å². The van der Waals surface area contributed by atoms with E-state index in [2.05, 4.69) is 11.1 Å². The van der Waals surface area contributed by atoms with Gasteiger partial charge in [-0.3, -0.25) is 4.98 Å². The maximum atomic E-state index is 9.08. The first kappa shape index (κ1) is 9.48. The van der Waals surface area contributed by atoms with Gasteiger partial charge in [-0.25, -0.2) is 0 Å². The highest BCUT2D eigenvalue weighted by molar-refractivity contribution is 6.31. The van der Waals surface area contributed by atoms with Gasteiger partial charge in [0.1, 0.15) is 0 Å². The number of hydrogen-bond acceptors (Lipinski definition) is 2. The summed E-state index contributed by atoms with van der Waals surface area (Å²) in [6, 6.07) is 4.31. The smallest absolute Gasteiger partial charge is 0.0693 e. The Morgan fingerprint density at radius 1 is 1.57 bits per heavy atom. The molecule has 72 valence electrons. The van der Waals surface area contributed by atoms with Crippen molar-refractivity contribution in [2.24, 2.45) is 5.41 Å². The quantitative estimate of drug-likeness (QED) is 0.746. The molecule has 1 fully saturated rings. The van der Waals surface area contributed by atoms with E-state index >= 15 is 0 Å². The SMILES string of the molecule is N#CC1(Cc2ccncc2Cl)CCC1. The van der Waals surface area contributed by atoms with Gasteiger partial charge >= 0.3 is 0 Å². The topological polar surface area (TPSA) is 36.7 Å². The molecule has 1 aliphatic rings. The Morgan fingerprint density at radius 3 is 2.86 bits per heavy atom. The summed E-state index contributed by atoms with van der Waals surface area (Å²) in [7, 11) is 0. The summed E-state index contributed by atoms with van der Waals surface area (Å²) in [6.07, 6.45) is 7.30. The van der Waals surface area contributed by atoms with E-state index in [0.29, 0.717) is 5.02 Å². The fourth-order valence-electron chi connectivity index (χ4n) is 1.84. The summed E-state index contributed by atoms with van der Waals surface area (Å²) in [5, 5.41) is 9.76. The molecule has 0 spiro atoms. The van der Waals surface area contributed by atoms with Crippen LogP contribution in [0, 0.1) is 16.7 Å². The van der Waals surface area contributed by atoms with Crippen molar-refractivity contribution >= 4 is 11.6 Å². The molecule has 14 heavy (non-hydrogen) atoms. The van der Waals surface area contributed by atoms with Gasteiger partial charge < -0.3 is 0 Å². The van der Waals surface area contributed by atoms with E-state index in [4.69, 9.17) is 16.9 Å². The lowest BCUT2D eigenvalue weighted by Crippen LogP contribution is -2.29. The van der Waals surface area contributed by atoms with E-state index < -0.39 is 0 Å². The van der Waals surface area contributed by atoms with Crippen molar-refractivity contribution in [1.29, 1.82) is 5.26 Å². The van der Waals surface area contributed by atoms with Crippen LogP contribution in [0.1, 0.15) is 24.8 Å². The zero-order valence-electron chi connectivity index (χ0n) is 7.83. The van der Waals surface area contributed by atoms with Gasteiger partial charge in [0, 0.05) is 12.4 Å². The average molecular weight is 207 g/mol. The third-order valence-corrected chi connectivity index (χ3v) is 3.27. The maximum absolute atomic E-state index is 9.08. The molecule has 0 aliphatic heterocycles. The molecule has 0 radical (unpaired) electrons. The molecule has 0 unspecified atom stereocenters. The van der Waals surface area contributed by atoms with Crippen LogP contribution in [0.15, 0.2) is 18.5 Å². The molecule has 1 saturated carbocycles. The number of nitriles is 1. The minimum atomic E-state index is -0.148. The Hall–Kier alpha value is -1.07. The zero-order valence-corrected chi connectivity index (χ0v) is 8.59. The number of nitrogens with zero attached hydrogens (tertiary/aromatic N) is 2. The van der Waals surface area contributed by atoms with Crippen LogP contribution in [0.3, 0.4) is 0 Å². The second-order valence-electron chi connectivity index (χ2n) is 3.89. The molecule has 2 nitrogen and oxygen atoms in total. The van der Waals surface area contributed by atoms with Crippen molar-refractivity contribution in [3.8, 4) is 6.07 Å². The molecule has 1 aromatic rings. The van der Waals surface area contributed by atoms with Crippen molar-refractivity contribution in [3.05, 3.63) is 29.0 Å². The van der Waals surface area contributed by atoms with Crippen molar-refractivity contribution in [1.82, 2.24) is 4.98 Å². The van der Waals surface area contributed by atoms with Crippen LogP contribution in [0.4, 0.5) is 0 Å². The van der Waals surface area contributed by atoms with Gasteiger partial charge in [0.25, 0.3) is 0 Å². The second-order valence-corrected chi connectivity index (χ2v) is 4.30. The number of pyridine rings is 1. The fraction of sp³-hybridized carbons (Fsp3) is 0.455. The average Bonchev–Trinajstić information content (AvgIpc) is 2.14. The molecule has 0 atom stereocenters. The molecular formula is C11H11ClN2. The Labute approximate surface area is 88.5 Å². The first-order valence-corrected chi connectivity index (χ1v) is 5.13. The Bertz CT molecular complexity index is 377. The van der Waals surface area contributed by atoms with E-state index in [-0.39, 0.29) is 5.41 Å². The van der Waals surface area contributed by atoms with Crippen molar-refractivity contribution < 1.29 is 0 Å². The van der Waals surface area contributed by atoms with Crippen LogP contribution in [0.25, 0.3) is 0 Å². The molecule has 0 N–H and O–H groups in total. The highest BCUT2D eigenvalue weighted by Gasteiger charge is 2.37. The van der Waals surface area contributed by atoms with Gasteiger partial charge in [0.15, 0.2) is 0 Å². The van der Waals surface area contributed by atoms with Gasteiger partial charge in [0.2, 0.25) is 0 Å². The lowest BCUT2D eigenvalue weighted by molar-refractivity contribution is 0.214. The summed E-state index contributed by atoms with van der Waals surface area (Å²) < 4.78 is 0. The highest BCUT2D eigenvalue weighted by atomic mass is 35.5. The number of rotatable bonds is 2. The number of halogens is 1. The molecule has 1 aromatic heterocycles. The predicted octanol–water partition coefficient (Wildman–Crippen LogP) is 2.97. The molecule has 0 bridgehead atoms. The highest BCUT2D eigenvalue weighted by Crippen LogP contribution is 2.43. The van der Waals surface area contributed by atoms with E-state index in [1.807, 2.05) is 6.07 Å². The summed E-state index contributed by atoms with van der Waals surface area (Å²) in [6.45, 7) is 0. The van der Waals surface area contributed by atoms with E-state index in [0.717, 1.165) is 31.2 Å². The summed E-state index contributed by atoms with van der Waals surface area (Å²) in [4.78, 5) is 3.93. The zero-order chi connectivity index (χ0) is 10.0. The van der Waals surface area contributed by atoms with Gasteiger partial charge in [-0.15, -0.1) is 0 Å². The van der Waals surface area contributed by atoms with Crippen molar-refractivity contribution in [2.75, 3.05) is 0 Å². The van der Waals surface area contributed by atoms with Crippen molar-refractivity contribution in [3.63, 3.8) is 0 Å². The van der Waals surface area contributed by atoms with Crippen LogP contribution in [0.2, 0.25) is 5.02 Å². The molecule has 0 aromatic carbocycles. The second kappa shape index (κ2) is 3.59. The predicted molar refractivity (Wildman–Crippen MR) is 54.8 cm³/mol. The van der Waals surface area contributed by atoms with Crippen LogP contribution >= 0.6 is 11.6 Å². The molecule has 0 amide bonds. The van der Waals surface area contributed by atoms with Gasteiger partial charge in [-0.1, -0.05) is 18.0 Å². The maximum Gasteiger partial charge on any atom is 0.0693 e. The molecular weight excluding hydrogens is 196 g/mol.